The maximum atomic E-state index is 13.6. The minimum Gasteiger partial charge on any atom is -0.385 e. The third kappa shape index (κ3) is 3.57. The van der Waals surface area contributed by atoms with Crippen LogP contribution in [0.4, 0.5) is 0 Å². The molecule has 1 fully saturated rings. The molecule has 4 rings (SSSR count). The Hall–Kier alpha value is -2.95. The second kappa shape index (κ2) is 7.82. The number of likely N-dealkylation sites (tertiary alicyclic amines) is 1. The number of nitrogens with zero attached hydrogens (tertiary/aromatic N) is 1. The van der Waals surface area contributed by atoms with Crippen molar-refractivity contribution in [2.75, 3.05) is 13.1 Å². The average molecular weight is 387 g/mol. The van der Waals surface area contributed by atoms with Crippen LogP contribution >= 0.6 is 0 Å². The molecule has 1 amide bonds. The van der Waals surface area contributed by atoms with E-state index in [1.165, 1.54) is 0 Å². The van der Waals surface area contributed by atoms with Crippen LogP contribution in [-0.4, -0.2) is 34.1 Å². The molecule has 2 N–H and O–H groups in total. The fourth-order valence-corrected chi connectivity index (χ4v) is 4.12. The third-order valence-electron chi connectivity index (χ3n) is 5.88. The zero-order chi connectivity index (χ0) is 20.3. The van der Waals surface area contributed by atoms with Crippen LogP contribution < -0.4 is 0 Å². The summed E-state index contributed by atoms with van der Waals surface area (Å²) < 4.78 is 0. The molecule has 1 saturated heterocycles. The van der Waals surface area contributed by atoms with Crippen LogP contribution in [-0.2, 0) is 16.0 Å². The van der Waals surface area contributed by atoms with Crippen LogP contribution in [0.15, 0.2) is 91.0 Å². The van der Waals surface area contributed by atoms with Gasteiger partial charge in [-0.2, -0.15) is 0 Å². The molecule has 0 radical (unpaired) electrons. The second-order valence-corrected chi connectivity index (χ2v) is 7.63. The standard InChI is InChI=1S/C25H25NO3/c27-23(26-18-16-24(28,17-19-26)20-10-4-1-5-11-20)25(29,21-12-6-2-7-13-21)22-14-8-3-9-15-22/h1-15,28-29H,16-19H2. The van der Waals surface area contributed by atoms with Crippen LogP contribution in [0.25, 0.3) is 0 Å². The van der Waals surface area contributed by atoms with Crippen molar-refractivity contribution in [3.8, 4) is 0 Å². The van der Waals surface area contributed by atoms with Gasteiger partial charge in [0.15, 0.2) is 5.60 Å². The summed E-state index contributed by atoms with van der Waals surface area (Å²) in [6.07, 6.45) is 0.866. The van der Waals surface area contributed by atoms with Crippen LogP contribution in [0, 0.1) is 0 Å². The lowest BCUT2D eigenvalue weighted by atomic mass is 9.81. The number of aliphatic hydroxyl groups is 2. The Morgan fingerprint density at radius 1 is 0.759 bits per heavy atom. The van der Waals surface area contributed by atoms with E-state index in [9.17, 15) is 15.0 Å². The third-order valence-corrected chi connectivity index (χ3v) is 5.88. The first kappa shape index (κ1) is 19.4. The fraction of sp³-hybridized carbons (Fsp3) is 0.240. The number of hydrogen-bond acceptors (Lipinski definition) is 3. The SMILES string of the molecule is O=C(N1CCC(O)(c2ccccc2)CC1)C(O)(c1ccccc1)c1ccccc1. The Balaban J connectivity index is 1.62. The summed E-state index contributed by atoms with van der Waals surface area (Å²) in [5, 5.41) is 22.7. The number of rotatable bonds is 4. The molecule has 3 aromatic rings. The van der Waals surface area contributed by atoms with Crippen LogP contribution in [0.3, 0.4) is 0 Å². The summed E-state index contributed by atoms with van der Waals surface area (Å²) in [6.45, 7) is 0.762. The van der Waals surface area contributed by atoms with Gasteiger partial charge in [-0.1, -0.05) is 91.0 Å². The van der Waals surface area contributed by atoms with Crippen molar-refractivity contribution in [1.29, 1.82) is 0 Å². The highest BCUT2D eigenvalue weighted by atomic mass is 16.3. The van der Waals surface area contributed by atoms with Gasteiger partial charge in [0.1, 0.15) is 0 Å². The van der Waals surface area contributed by atoms with E-state index in [1.54, 1.807) is 29.2 Å². The van der Waals surface area contributed by atoms with Crippen molar-refractivity contribution in [3.05, 3.63) is 108 Å². The molecule has 29 heavy (non-hydrogen) atoms. The molecule has 1 aliphatic rings. The first-order valence-electron chi connectivity index (χ1n) is 9.95. The van der Waals surface area contributed by atoms with Gasteiger partial charge < -0.3 is 15.1 Å². The molecule has 1 aliphatic heterocycles. The van der Waals surface area contributed by atoms with Crippen molar-refractivity contribution in [2.24, 2.45) is 0 Å². The van der Waals surface area contributed by atoms with Gasteiger partial charge in [-0.05, 0) is 29.5 Å². The van der Waals surface area contributed by atoms with E-state index in [2.05, 4.69) is 0 Å². The molecule has 0 atom stereocenters. The lowest BCUT2D eigenvalue weighted by Gasteiger charge is -2.41. The van der Waals surface area contributed by atoms with E-state index in [0.717, 1.165) is 5.56 Å². The molecule has 3 aromatic carbocycles. The Labute approximate surface area is 171 Å². The first-order valence-corrected chi connectivity index (χ1v) is 9.95. The lowest BCUT2D eigenvalue weighted by molar-refractivity contribution is -0.152. The van der Waals surface area contributed by atoms with Gasteiger partial charge in [0.25, 0.3) is 5.91 Å². The molecule has 148 valence electrons. The highest BCUT2D eigenvalue weighted by Gasteiger charge is 2.45. The molecular formula is C25H25NO3. The van der Waals surface area contributed by atoms with Gasteiger partial charge in [-0.25, -0.2) is 0 Å². The highest BCUT2D eigenvalue weighted by molar-refractivity contribution is 5.90. The molecule has 0 unspecified atom stereocenters. The number of carbonyl (C=O) groups excluding carboxylic acids is 1. The summed E-state index contributed by atoms with van der Waals surface area (Å²) in [5.41, 5.74) is -0.755. The second-order valence-electron chi connectivity index (χ2n) is 7.63. The largest absolute Gasteiger partial charge is 0.385 e. The topological polar surface area (TPSA) is 60.8 Å². The van der Waals surface area contributed by atoms with Gasteiger partial charge in [0.2, 0.25) is 0 Å². The molecule has 0 aliphatic carbocycles. The molecule has 0 spiro atoms. The predicted octanol–water partition coefficient (Wildman–Crippen LogP) is 3.43. The average Bonchev–Trinajstić information content (AvgIpc) is 2.80. The quantitative estimate of drug-likeness (QED) is 0.721. The molecule has 0 aromatic heterocycles. The van der Waals surface area contributed by atoms with Gasteiger partial charge in [-0.3, -0.25) is 4.79 Å². The van der Waals surface area contributed by atoms with Gasteiger partial charge in [-0.15, -0.1) is 0 Å². The van der Waals surface area contributed by atoms with Crippen molar-refractivity contribution in [3.63, 3.8) is 0 Å². The van der Waals surface area contributed by atoms with E-state index in [1.807, 2.05) is 66.7 Å². The minimum absolute atomic E-state index is 0.356. The van der Waals surface area contributed by atoms with Crippen LogP contribution in [0.2, 0.25) is 0 Å². The van der Waals surface area contributed by atoms with E-state index in [-0.39, 0.29) is 5.91 Å². The fourth-order valence-electron chi connectivity index (χ4n) is 4.12. The predicted molar refractivity (Wildman–Crippen MR) is 112 cm³/mol. The molecule has 4 nitrogen and oxygen atoms in total. The Bertz CT molecular complexity index is 910. The molecular weight excluding hydrogens is 362 g/mol. The van der Waals surface area contributed by atoms with Gasteiger partial charge in [0.05, 0.1) is 5.60 Å². The van der Waals surface area contributed by atoms with Gasteiger partial charge in [0, 0.05) is 13.1 Å². The van der Waals surface area contributed by atoms with Crippen molar-refractivity contribution in [1.82, 2.24) is 4.90 Å². The van der Waals surface area contributed by atoms with Crippen LogP contribution in [0.1, 0.15) is 29.5 Å². The zero-order valence-electron chi connectivity index (χ0n) is 16.2. The normalized spacial score (nSPS) is 16.4. The maximum absolute atomic E-state index is 13.6. The zero-order valence-corrected chi connectivity index (χ0v) is 16.2. The number of piperidine rings is 1. The summed E-state index contributed by atoms with van der Waals surface area (Å²) in [4.78, 5) is 15.2. The highest BCUT2D eigenvalue weighted by Crippen LogP contribution is 2.36. The summed E-state index contributed by atoms with van der Waals surface area (Å²) in [7, 11) is 0. The van der Waals surface area contributed by atoms with Crippen LogP contribution in [0.5, 0.6) is 0 Å². The number of amides is 1. The summed E-state index contributed by atoms with van der Waals surface area (Å²) in [6, 6.07) is 27.7. The van der Waals surface area contributed by atoms with E-state index < -0.39 is 11.2 Å². The minimum atomic E-state index is -1.76. The summed E-state index contributed by atoms with van der Waals surface area (Å²) in [5.74, 6) is -0.356. The first-order chi connectivity index (χ1) is 14.0. The monoisotopic (exact) mass is 387 g/mol. The smallest absolute Gasteiger partial charge is 0.263 e. The van der Waals surface area contributed by atoms with E-state index >= 15 is 0 Å². The molecule has 1 heterocycles. The number of benzene rings is 3. The lowest BCUT2D eigenvalue weighted by Crippen LogP contribution is -2.52. The summed E-state index contributed by atoms with van der Waals surface area (Å²) >= 11 is 0. The van der Waals surface area contributed by atoms with Crippen molar-refractivity contribution < 1.29 is 15.0 Å². The van der Waals surface area contributed by atoms with Crippen molar-refractivity contribution in [2.45, 2.75) is 24.0 Å². The number of hydrogen-bond donors (Lipinski definition) is 2. The molecule has 0 saturated carbocycles. The number of carbonyl (C=O) groups is 1. The Kier molecular flexibility index (Phi) is 5.22. The Morgan fingerprint density at radius 2 is 1.17 bits per heavy atom. The van der Waals surface area contributed by atoms with Gasteiger partial charge >= 0.3 is 0 Å². The molecule has 0 bridgehead atoms. The Morgan fingerprint density at radius 3 is 1.62 bits per heavy atom. The van der Waals surface area contributed by atoms with E-state index in [4.69, 9.17) is 0 Å². The molecule has 4 heteroatoms. The maximum Gasteiger partial charge on any atom is 0.263 e. The van der Waals surface area contributed by atoms with Crippen molar-refractivity contribution >= 4 is 5.91 Å². The van der Waals surface area contributed by atoms with E-state index in [0.29, 0.717) is 37.1 Å².